The highest BCUT2D eigenvalue weighted by molar-refractivity contribution is 5.76. The van der Waals surface area contributed by atoms with Crippen LogP contribution in [0.1, 0.15) is 70.6 Å². The van der Waals surface area contributed by atoms with Crippen LogP contribution < -0.4 is 0 Å². The van der Waals surface area contributed by atoms with E-state index in [1.807, 2.05) is 11.9 Å². The molecule has 1 amide bonds. The molecule has 2 fully saturated rings. The Bertz CT molecular complexity index is 284. The van der Waals surface area contributed by atoms with Gasteiger partial charge < -0.3 is 10.0 Å². The Balaban J connectivity index is 1.83. The van der Waals surface area contributed by atoms with Crippen LogP contribution in [0.5, 0.6) is 0 Å². The van der Waals surface area contributed by atoms with Gasteiger partial charge in [0.05, 0.1) is 12.1 Å². The Kier molecular flexibility index (Phi) is 5.68. The van der Waals surface area contributed by atoms with E-state index >= 15 is 0 Å². The number of carbonyl (C=O) groups excluding carboxylic acids is 1. The second-order valence-electron chi connectivity index (χ2n) is 6.49. The maximum Gasteiger partial charge on any atom is 0.222 e. The highest BCUT2D eigenvalue weighted by Crippen LogP contribution is 2.28. The van der Waals surface area contributed by atoms with Gasteiger partial charge in [-0.05, 0) is 31.6 Å². The fraction of sp³-hybridized carbons (Fsp3) is 0.938. The smallest absolute Gasteiger partial charge is 0.222 e. The second-order valence-corrected chi connectivity index (χ2v) is 6.49. The third-order valence-corrected chi connectivity index (χ3v) is 5.02. The minimum Gasteiger partial charge on any atom is -0.391 e. The van der Waals surface area contributed by atoms with Gasteiger partial charge in [0.15, 0.2) is 0 Å². The molecule has 110 valence electrons. The van der Waals surface area contributed by atoms with Gasteiger partial charge in [-0.15, -0.1) is 0 Å². The second kappa shape index (κ2) is 7.28. The molecule has 1 N–H and O–H groups in total. The highest BCUT2D eigenvalue weighted by Gasteiger charge is 2.30. The molecule has 19 heavy (non-hydrogen) atoms. The number of aliphatic hydroxyl groups excluding tert-OH is 1. The zero-order chi connectivity index (χ0) is 13.7. The van der Waals surface area contributed by atoms with Crippen LogP contribution in [0.15, 0.2) is 0 Å². The first-order valence-corrected chi connectivity index (χ1v) is 8.12. The predicted octanol–water partition coefficient (Wildman–Crippen LogP) is 3.11. The molecular weight excluding hydrogens is 238 g/mol. The lowest BCUT2D eigenvalue weighted by Crippen LogP contribution is -2.46. The van der Waals surface area contributed by atoms with E-state index < -0.39 is 0 Å². The molecule has 3 nitrogen and oxygen atoms in total. The summed E-state index contributed by atoms with van der Waals surface area (Å²) in [6.07, 6.45) is 12.1. The van der Waals surface area contributed by atoms with Crippen LogP contribution in [0.3, 0.4) is 0 Å². The van der Waals surface area contributed by atoms with E-state index in [0.29, 0.717) is 12.3 Å². The Morgan fingerprint density at radius 1 is 1.00 bits per heavy atom. The molecule has 2 atom stereocenters. The third kappa shape index (κ3) is 4.20. The number of aliphatic hydroxyl groups is 1. The Morgan fingerprint density at radius 3 is 2.21 bits per heavy atom. The number of hydrogen-bond donors (Lipinski definition) is 1. The quantitative estimate of drug-likeness (QED) is 0.798. The average molecular weight is 267 g/mol. The van der Waals surface area contributed by atoms with E-state index in [-0.39, 0.29) is 18.1 Å². The van der Waals surface area contributed by atoms with Crippen LogP contribution in [0.25, 0.3) is 0 Å². The van der Waals surface area contributed by atoms with Gasteiger partial charge in [-0.25, -0.2) is 0 Å². The molecule has 2 saturated carbocycles. The van der Waals surface area contributed by atoms with Gasteiger partial charge in [-0.2, -0.15) is 0 Å². The van der Waals surface area contributed by atoms with Crippen molar-refractivity contribution in [2.24, 2.45) is 5.92 Å². The summed E-state index contributed by atoms with van der Waals surface area (Å²) in [4.78, 5) is 14.2. The summed E-state index contributed by atoms with van der Waals surface area (Å²) in [5, 5.41) is 10.0. The number of rotatable bonds is 3. The summed E-state index contributed by atoms with van der Waals surface area (Å²) in [5.41, 5.74) is 0. The third-order valence-electron chi connectivity index (χ3n) is 5.02. The summed E-state index contributed by atoms with van der Waals surface area (Å²) >= 11 is 0. The first-order chi connectivity index (χ1) is 9.18. The molecule has 0 saturated heterocycles. The molecule has 2 rings (SSSR count). The average Bonchev–Trinajstić information content (AvgIpc) is 2.67. The van der Waals surface area contributed by atoms with E-state index in [9.17, 15) is 9.90 Å². The van der Waals surface area contributed by atoms with Crippen LogP contribution in [-0.4, -0.2) is 35.1 Å². The van der Waals surface area contributed by atoms with Gasteiger partial charge in [-0.3, -0.25) is 4.79 Å². The molecule has 0 aliphatic heterocycles. The molecule has 0 aromatic rings. The summed E-state index contributed by atoms with van der Waals surface area (Å²) in [6, 6.07) is 0.0621. The zero-order valence-corrected chi connectivity index (χ0v) is 12.3. The lowest BCUT2D eigenvalue weighted by molar-refractivity contribution is -0.136. The molecule has 0 heterocycles. The summed E-state index contributed by atoms with van der Waals surface area (Å²) < 4.78 is 0. The standard InChI is InChI=1S/C16H29NO2/c1-17(14-10-6-7-11-15(14)18)16(19)12-13-8-4-2-3-5-9-13/h13-15,18H,2-12H2,1H3. The van der Waals surface area contributed by atoms with E-state index in [0.717, 1.165) is 25.7 Å². The Labute approximate surface area is 117 Å². The molecular formula is C16H29NO2. The van der Waals surface area contributed by atoms with Gasteiger partial charge in [0.25, 0.3) is 0 Å². The Morgan fingerprint density at radius 2 is 1.58 bits per heavy atom. The molecule has 0 radical (unpaired) electrons. The molecule has 0 spiro atoms. The Hall–Kier alpha value is -0.570. The summed E-state index contributed by atoms with van der Waals surface area (Å²) in [6.45, 7) is 0. The van der Waals surface area contributed by atoms with Crippen molar-refractivity contribution in [3.63, 3.8) is 0 Å². The fourth-order valence-corrected chi connectivity index (χ4v) is 3.69. The van der Waals surface area contributed by atoms with Crippen molar-refractivity contribution in [3.05, 3.63) is 0 Å². The monoisotopic (exact) mass is 267 g/mol. The van der Waals surface area contributed by atoms with Gasteiger partial charge in [0, 0.05) is 13.5 Å². The largest absolute Gasteiger partial charge is 0.391 e. The minimum absolute atomic E-state index is 0.0621. The van der Waals surface area contributed by atoms with Crippen molar-refractivity contribution in [1.29, 1.82) is 0 Å². The van der Waals surface area contributed by atoms with E-state index in [1.54, 1.807) is 0 Å². The van der Waals surface area contributed by atoms with Crippen LogP contribution in [0, 0.1) is 5.92 Å². The fourth-order valence-electron chi connectivity index (χ4n) is 3.69. The topological polar surface area (TPSA) is 40.5 Å². The molecule has 0 bridgehead atoms. The van der Waals surface area contributed by atoms with Crippen molar-refractivity contribution in [2.45, 2.75) is 82.8 Å². The van der Waals surface area contributed by atoms with Crippen molar-refractivity contribution < 1.29 is 9.90 Å². The van der Waals surface area contributed by atoms with Crippen LogP contribution in [-0.2, 0) is 4.79 Å². The molecule has 3 heteroatoms. The number of carbonyl (C=O) groups is 1. The van der Waals surface area contributed by atoms with Crippen molar-refractivity contribution in [3.8, 4) is 0 Å². The first-order valence-electron chi connectivity index (χ1n) is 8.12. The minimum atomic E-state index is -0.308. The number of amides is 1. The van der Waals surface area contributed by atoms with Crippen molar-refractivity contribution >= 4 is 5.91 Å². The van der Waals surface area contributed by atoms with Gasteiger partial charge >= 0.3 is 0 Å². The zero-order valence-electron chi connectivity index (χ0n) is 12.3. The van der Waals surface area contributed by atoms with Gasteiger partial charge in [0.1, 0.15) is 0 Å². The van der Waals surface area contributed by atoms with E-state index in [2.05, 4.69) is 0 Å². The number of likely N-dealkylation sites (N-methyl/N-ethyl adjacent to an activating group) is 1. The number of hydrogen-bond acceptors (Lipinski definition) is 2. The SMILES string of the molecule is CN(C(=O)CC1CCCCCC1)C1CCCCC1O. The molecule has 2 aliphatic carbocycles. The maximum absolute atomic E-state index is 12.4. The lowest BCUT2D eigenvalue weighted by atomic mass is 9.90. The van der Waals surface area contributed by atoms with Crippen molar-refractivity contribution in [1.82, 2.24) is 4.90 Å². The van der Waals surface area contributed by atoms with Gasteiger partial charge in [0.2, 0.25) is 5.91 Å². The molecule has 0 aromatic carbocycles. The normalized spacial score (nSPS) is 29.8. The summed E-state index contributed by atoms with van der Waals surface area (Å²) in [7, 11) is 1.89. The molecule has 2 aliphatic rings. The van der Waals surface area contributed by atoms with E-state index in [4.69, 9.17) is 0 Å². The summed E-state index contributed by atoms with van der Waals surface area (Å²) in [5.74, 6) is 0.830. The van der Waals surface area contributed by atoms with Crippen LogP contribution >= 0.6 is 0 Å². The first kappa shape index (κ1) is 14.8. The highest BCUT2D eigenvalue weighted by atomic mass is 16.3. The lowest BCUT2D eigenvalue weighted by Gasteiger charge is -2.35. The molecule has 0 aromatic heterocycles. The van der Waals surface area contributed by atoms with Crippen LogP contribution in [0.2, 0.25) is 0 Å². The molecule has 2 unspecified atom stereocenters. The maximum atomic E-state index is 12.4. The number of nitrogens with zero attached hydrogens (tertiary/aromatic N) is 1. The van der Waals surface area contributed by atoms with E-state index in [1.165, 1.54) is 38.5 Å². The van der Waals surface area contributed by atoms with Crippen molar-refractivity contribution in [2.75, 3.05) is 7.05 Å². The van der Waals surface area contributed by atoms with Crippen LogP contribution in [0.4, 0.5) is 0 Å². The predicted molar refractivity (Wildman–Crippen MR) is 76.8 cm³/mol. The van der Waals surface area contributed by atoms with Gasteiger partial charge in [-0.1, -0.05) is 38.5 Å².